The predicted octanol–water partition coefficient (Wildman–Crippen LogP) is 1.61. The molecule has 0 aliphatic rings. The average Bonchev–Trinajstić information content (AvgIpc) is 2.32. The number of para-hydroxylation sites is 1. The minimum absolute atomic E-state index is 0.170. The number of anilines is 2. The molecule has 0 aliphatic carbocycles. The van der Waals surface area contributed by atoms with Crippen LogP contribution in [0.5, 0.6) is 0 Å². The molecule has 0 unspecified atom stereocenters. The second-order valence-corrected chi connectivity index (χ2v) is 5.50. The summed E-state index contributed by atoms with van der Waals surface area (Å²) in [5, 5.41) is 0. The summed E-state index contributed by atoms with van der Waals surface area (Å²) in [6.45, 7) is 0. The Morgan fingerprint density at radius 3 is 2.50 bits per heavy atom. The van der Waals surface area contributed by atoms with Gasteiger partial charge in [0.15, 0.2) is 0 Å². The molecule has 0 radical (unpaired) electrons. The lowest BCUT2D eigenvalue weighted by Crippen LogP contribution is -2.16. The number of rotatable bonds is 4. The Balaban J connectivity index is 2.16. The van der Waals surface area contributed by atoms with E-state index in [-0.39, 0.29) is 5.75 Å². The highest BCUT2D eigenvalue weighted by atomic mass is 32.2. The van der Waals surface area contributed by atoms with E-state index in [2.05, 4.69) is 9.71 Å². The van der Waals surface area contributed by atoms with Crippen LogP contribution in [0.4, 0.5) is 11.5 Å². The van der Waals surface area contributed by atoms with Crippen LogP contribution in [-0.4, -0.2) is 13.4 Å². The van der Waals surface area contributed by atoms with Gasteiger partial charge in [0.1, 0.15) is 5.82 Å². The summed E-state index contributed by atoms with van der Waals surface area (Å²) in [4.78, 5) is 3.91. The van der Waals surface area contributed by atoms with E-state index >= 15 is 0 Å². The van der Waals surface area contributed by atoms with Gasteiger partial charge < -0.3 is 5.73 Å². The average molecular weight is 263 g/mol. The van der Waals surface area contributed by atoms with Gasteiger partial charge >= 0.3 is 0 Å². The molecule has 3 N–H and O–H groups in total. The van der Waals surface area contributed by atoms with Crippen molar-refractivity contribution in [1.29, 1.82) is 0 Å². The maximum absolute atomic E-state index is 11.9. The van der Waals surface area contributed by atoms with Crippen LogP contribution in [0.25, 0.3) is 0 Å². The monoisotopic (exact) mass is 263 g/mol. The molecule has 0 spiro atoms. The molecule has 1 aromatic heterocycles. The number of aromatic nitrogens is 1. The normalized spacial score (nSPS) is 11.1. The fraction of sp³-hybridized carbons (Fsp3) is 0.0833. The molecule has 18 heavy (non-hydrogen) atoms. The number of benzene rings is 1. The van der Waals surface area contributed by atoms with Crippen molar-refractivity contribution in [2.24, 2.45) is 0 Å². The van der Waals surface area contributed by atoms with Gasteiger partial charge in [0, 0.05) is 11.9 Å². The molecule has 0 saturated heterocycles. The highest BCUT2D eigenvalue weighted by Crippen LogP contribution is 2.15. The van der Waals surface area contributed by atoms with Crippen LogP contribution < -0.4 is 10.5 Å². The van der Waals surface area contributed by atoms with E-state index < -0.39 is 10.0 Å². The maximum atomic E-state index is 11.9. The van der Waals surface area contributed by atoms with E-state index in [1.807, 2.05) is 0 Å². The zero-order valence-corrected chi connectivity index (χ0v) is 10.4. The molecule has 0 fully saturated rings. The Morgan fingerprint density at radius 2 is 1.83 bits per heavy atom. The second kappa shape index (κ2) is 5.05. The lowest BCUT2D eigenvalue weighted by Gasteiger charge is -2.08. The van der Waals surface area contributed by atoms with E-state index in [0.717, 1.165) is 0 Å². The molecular weight excluding hydrogens is 250 g/mol. The van der Waals surface area contributed by atoms with Crippen LogP contribution in [0.2, 0.25) is 0 Å². The first-order valence-corrected chi connectivity index (χ1v) is 6.97. The SMILES string of the molecule is Nc1ccccc1CS(=O)(=O)Nc1ccccn1. The van der Waals surface area contributed by atoms with Gasteiger partial charge in [-0.3, -0.25) is 4.72 Å². The first-order chi connectivity index (χ1) is 8.57. The fourth-order valence-electron chi connectivity index (χ4n) is 1.49. The molecule has 6 heteroatoms. The van der Waals surface area contributed by atoms with Crippen molar-refractivity contribution in [2.45, 2.75) is 5.75 Å². The summed E-state index contributed by atoms with van der Waals surface area (Å²) in [6, 6.07) is 11.9. The lowest BCUT2D eigenvalue weighted by molar-refractivity contribution is 0.600. The molecule has 1 aromatic carbocycles. The quantitative estimate of drug-likeness (QED) is 0.821. The molecule has 0 saturated carbocycles. The Labute approximate surface area is 106 Å². The minimum atomic E-state index is -3.50. The van der Waals surface area contributed by atoms with E-state index in [0.29, 0.717) is 17.1 Å². The van der Waals surface area contributed by atoms with Crippen LogP contribution in [0, 0.1) is 0 Å². The Morgan fingerprint density at radius 1 is 1.11 bits per heavy atom. The summed E-state index contributed by atoms with van der Waals surface area (Å²) < 4.78 is 26.2. The maximum Gasteiger partial charge on any atom is 0.238 e. The lowest BCUT2D eigenvalue weighted by atomic mass is 10.2. The number of pyridine rings is 1. The van der Waals surface area contributed by atoms with Gasteiger partial charge in [0.2, 0.25) is 10.0 Å². The highest BCUT2D eigenvalue weighted by molar-refractivity contribution is 7.91. The fourth-order valence-corrected chi connectivity index (χ4v) is 2.67. The van der Waals surface area contributed by atoms with Crippen molar-refractivity contribution in [3.63, 3.8) is 0 Å². The molecule has 94 valence electrons. The van der Waals surface area contributed by atoms with E-state index in [1.54, 1.807) is 42.5 Å². The van der Waals surface area contributed by atoms with Gasteiger partial charge in [-0.1, -0.05) is 24.3 Å². The van der Waals surface area contributed by atoms with Crippen LogP contribution in [-0.2, 0) is 15.8 Å². The first-order valence-electron chi connectivity index (χ1n) is 5.32. The molecule has 0 aliphatic heterocycles. The van der Waals surface area contributed by atoms with Gasteiger partial charge in [-0.15, -0.1) is 0 Å². The Kier molecular flexibility index (Phi) is 3.47. The van der Waals surface area contributed by atoms with Crippen molar-refractivity contribution in [3.8, 4) is 0 Å². The molecule has 2 rings (SSSR count). The van der Waals surface area contributed by atoms with Crippen LogP contribution in [0.1, 0.15) is 5.56 Å². The molecular formula is C12H13N3O2S. The Bertz CT molecular complexity index is 627. The Hall–Kier alpha value is -2.08. The van der Waals surface area contributed by atoms with Crippen molar-refractivity contribution in [2.75, 3.05) is 10.5 Å². The zero-order valence-electron chi connectivity index (χ0n) is 9.58. The van der Waals surface area contributed by atoms with E-state index in [9.17, 15) is 8.42 Å². The summed E-state index contributed by atoms with van der Waals surface area (Å²) in [7, 11) is -3.50. The van der Waals surface area contributed by atoms with Crippen molar-refractivity contribution in [3.05, 3.63) is 54.2 Å². The summed E-state index contributed by atoms with van der Waals surface area (Å²) in [6.07, 6.45) is 1.52. The number of nitrogens with one attached hydrogen (secondary N) is 1. The zero-order chi connectivity index (χ0) is 13.0. The van der Waals surface area contributed by atoms with E-state index in [4.69, 9.17) is 5.73 Å². The number of nitrogen functional groups attached to an aromatic ring is 1. The van der Waals surface area contributed by atoms with Crippen molar-refractivity contribution < 1.29 is 8.42 Å². The summed E-state index contributed by atoms with van der Waals surface area (Å²) in [5.74, 6) is 0.128. The summed E-state index contributed by atoms with van der Waals surface area (Å²) in [5.41, 5.74) is 6.75. The first kappa shape index (κ1) is 12.4. The number of nitrogens with two attached hydrogens (primary N) is 1. The predicted molar refractivity (Wildman–Crippen MR) is 71.3 cm³/mol. The highest BCUT2D eigenvalue weighted by Gasteiger charge is 2.13. The molecule has 0 bridgehead atoms. The molecule has 0 atom stereocenters. The van der Waals surface area contributed by atoms with Crippen LogP contribution >= 0.6 is 0 Å². The van der Waals surface area contributed by atoms with Crippen molar-refractivity contribution in [1.82, 2.24) is 4.98 Å². The van der Waals surface area contributed by atoms with Crippen LogP contribution in [0.3, 0.4) is 0 Å². The molecule has 1 heterocycles. The van der Waals surface area contributed by atoms with Gasteiger partial charge in [0.25, 0.3) is 0 Å². The molecule has 5 nitrogen and oxygen atoms in total. The second-order valence-electron chi connectivity index (χ2n) is 3.77. The standard InChI is InChI=1S/C12H13N3O2S/c13-11-6-2-1-5-10(11)9-18(16,17)15-12-7-3-4-8-14-12/h1-8H,9,13H2,(H,14,15). The number of hydrogen-bond acceptors (Lipinski definition) is 4. The van der Waals surface area contributed by atoms with Gasteiger partial charge in [-0.2, -0.15) is 0 Å². The van der Waals surface area contributed by atoms with Gasteiger partial charge in [-0.05, 0) is 23.8 Å². The third-order valence-corrected chi connectivity index (χ3v) is 3.54. The molecule has 2 aromatic rings. The molecule has 0 amide bonds. The number of nitrogens with zero attached hydrogens (tertiary/aromatic N) is 1. The number of hydrogen-bond donors (Lipinski definition) is 2. The van der Waals surface area contributed by atoms with Crippen LogP contribution in [0.15, 0.2) is 48.7 Å². The smallest absolute Gasteiger partial charge is 0.238 e. The van der Waals surface area contributed by atoms with Gasteiger partial charge in [0.05, 0.1) is 5.75 Å². The van der Waals surface area contributed by atoms with E-state index in [1.165, 1.54) is 6.20 Å². The number of sulfonamides is 1. The third kappa shape index (κ3) is 3.21. The van der Waals surface area contributed by atoms with Crippen molar-refractivity contribution >= 4 is 21.5 Å². The summed E-state index contributed by atoms with van der Waals surface area (Å²) >= 11 is 0. The van der Waals surface area contributed by atoms with Gasteiger partial charge in [-0.25, -0.2) is 13.4 Å². The largest absolute Gasteiger partial charge is 0.398 e. The minimum Gasteiger partial charge on any atom is -0.398 e. The topological polar surface area (TPSA) is 85.1 Å². The third-order valence-electron chi connectivity index (χ3n) is 2.33.